The van der Waals surface area contributed by atoms with E-state index in [2.05, 4.69) is 34.9 Å². The zero-order valence-electron chi connectivity index (χ0n) is 19.5. The second-order valence-corrected chi connectivity index (χ2v) is 9.38. The van der Waals surface area contributed by atoms with Gasteiger partial charge in [-0.15, -0.1) is 0 Å². The fourth-order valence-corrected chi connectivity index (χ4v) is 5.11. The third-order valence-corrected chi connectivity index (χ3v) is 6.90. The predicted molar refractivity (Wildman–Crippen MR) is 128 cm³/mol. The van der Waals surface area contributed by atoms with Gasteiger partial charge in [-0.25, -0.2) is 4.79 Å². The number of amides is 2. The molecule has 1 fully saturated rings. The Morgan fingerprint density at radius 3 is 2.32 bits per heavy atom. The summed E-state index contributed by atoms with van der Waals surface area (Å²) in [6.45, 7) is 2.09. The Bertz CT molecular complexity index is 1010. The van der Waals surface area contributed by atoms with Crippen molar-refractivity contribution in [2.24, 2.45) is 5.92 Å². The van der Waals surface area contributed by atoms with Crippen LogP contribution in [0.2, 0.25) is 0 Å². The van der Waals surface area contributed by atoms with E-state index in [0.29, 0.717) is 19.3 Å². The number of fused-ring (bicyclic) bond motifs is 3. The lowest BCUT2D eigenvalue weighted by molar-refractivity contribution is -0.143. The second kappa shape index (κ2) is 10.7. The Morgan fingerprint density at radius 1 is 1.03 bits per heavy atom. The van der Waals surface area contributed by atoms with Gasteiger partial charge in [0.15, 0.2) is 0 Å². The largest absolute Gasteiger partial charge is 0.481 e. The van der Waals surface area contributed by atoms with Crippen molar-refractivity contribution in [1.29, 1.82) is 0 Å². The minimum Gasteiger partial charge on any atom is -0.481 e. The van der Waals surface area contributed by atoms with Crippen LogP contribution in [0, 0.1) is 5.92 Å². The highest BCUT2D eigenvalue weighted by molar-refractivity contribution is 5.79. The van der Waals surface area contributed by atoms with Crippen molar-refractivity contribution < 1.29 is 24.2 Å². The number of nitrogens with one attached hydrogen (secondary N) is 2. The van der Waals surface area contributed by atoms with Gasteiger partial charge in [0.1, 0.15) is 6.61 Å². The summed E-state index contributed by atoms with van der Waals surface area (Å²) < 4.78 is 5.57. The van der Waals surface area contributed by atoms with Crippen molar-refractivity contribution in [3.63, 3.8) is 0 Å². The molecule has 0 spiro atoms. The van der Waals surface area contributed by atoms with Crippen LogP contribution >= 0.6 is 0 Å². The lowest BCUT2D eigenvalue weighted by atomic mass is 9.85. The van der Waals surface area contributed by atoms with E-state index in [9.17, 15) is 19.5 Å². The third kappa shape index (κ3) is 5.58. The number of benzene rings is 2. The quantitative estimate of drug-likeness (QED) is 0.535. The van der Waals surface area contributed by atoms with Crippen molar-refractivity contribution >= 4 is 18.0 Å². The van der Waals surface area contributed by atoms with Crippen LogP contribution in [0.15, 0.2) is 48.5 Å². The number of hydrogen-bond donors (Lipinski definition) is 3. The van der Waals surface area contributed by atoms with Crippen molar-refractivity contribution in [3.05, 3.63) is 59.7 Å². The first-order chi connectivity index (χ1) is 16.4. The summed E-state index contributed by atoms with van der Waals surface area (Å²) in [6.07, 6.45) is 3.01. The second-order valence-electron chi connectivity index (χ2n) is 9.38. The molecular weight excluding hydrogens is 432 g/mol. The van der Waals surface area contributed by atoms with Crippen molar-refractivity contribution in [2.75, 3.05) is 6.61 Å². The molecule has 3 atom stereocenters. The number of aliphatic carboxylic acids is 1. The van der Waals surface area contributed by atoms with Gasteiger partial charge in [-0.2, -0.15) is 0 Å². The van der Waals surface area contributed by atoms with Crippen LogP contribution in [0.3, 0.4) is 0 Å². The molecule has 2 aliphatic carbocycles. The van der Waals surface area contributed by atoms with Crippen LogP contribution in [-0.4, -0.2) is 41.8 Å². The van der Waals surface area contributed by atoms with Gasteiger partial charge < -0.3 is 20.5 Å². The molecule has 0 saturated heterocycles. The maximum Gasteiger partial charge on any atom is 0.407 e. The van der Waals surface area contributed by atoms with Crippen LogP contribution < -0.4 is 10.6 Å². The maximum atomic E-state index is 12.4. The van der Waals surface area contributed by atoms with Crippen LogP contribution in [0.1, 0.15) is 62.5 Å². The van der Waals surface area contributed by atoms with E-state index in [4.69, 9.17) is 4.74 Å². The molecule has 2 aromatic rings. The lowest BCUT2D eigenvalue weighted by Crippen LogP contribution is -2.40. The average molecular weight is 465 g/mol. The molecule has 1 saturated carbocycles. The van der Waals surface area contributed by atoms with E-state index in [-0.39, 0.29) is 42.9 Å². The number of carboxylic acid groups (broad SMARTS) is 1. The number of ether oxygens (including phenoxy) is 1. The molecule has 2 aliphatic rings. The average Bonchev–Trinajstić information content (AvgIpc) is 3.15. The normalized spacial score (nSPS) is 20.0. The Labute approximate surface area is 199 Å². The molecule has 3 N–H and O–H groups in total. The molecule has 7 nitrogen and oxygen atoms in total. The Balaban J connectivity index is 1.21. The Morgan fingerprint density at radius 2 is 1.68 bits per heavy atom. The van der Waals surface area contributed by atoms with E-state index in [1.807, 2.05) is 31.2 Å². The van der Waals surface area contributed by atoms with Gasteiger partial charge in [-0.3, -0.25) is 9.59 Å². The minimum absolute atomic E-state index is 0.00403. The van der Waals surface area contributed by atoms with Crippen molar-refractivity contribution in [2.45, 2.75) is 63.5 Å². The molecule has 4 rings (SSSR count). The minimum atomic E-state index is -0.792. The van der Waals surface area contributed by atoms with E-state index in [1.54, 1.807) is 0 Å². The number of carbonyl (C=O) groups is 3. The van der Waals surface area contributed by atoms with E-state index in [1.165, 1.54) is 11.1 Å². The SMILES string of the molecule is CC(CCC(=O)N[C@@H]1CCC[C@@H](C(=O)O)C1)NC(=O)OCC1c2ccccc2-c2ccccc21. The molecule has 0 bridgehead atoms. The summed E-state index contributed by atoms with van der Waals surface area (Å²) in [5.74, 6) is -1.28. The number of alkyl carbamates (subject to hydrolysis) is 1. The van der Waals surface area contributed by atoms with Gasteiger partial charge in [0.05, 0.1) is 5.92 Å². The molecule has 1 unspecified atom stereocenters. The molecule has 7 heteroatoms. The van der Waals surface area contributed by atoms with E-state index >= 15 is 0 Å². The summed E-state index contributed by atoms with van der Waals surface area (Å²) in [6, 6.07) is 16.1. The summed E-state index contributed by atoms with van der Waals surface area (Å²) >= 11 is 0. The summed E-state index contributed by atoms with van der Waals surface area (Å²) in [4.78, 5) is 35.9. The number of rotatable bonds is 8. The van der Waals surface area contributed by atoms with Crippen LogP contribution in [0.25, 0.3) is 11.1 Å². The fourth-order valence-electron chi connectivity index (χ4n) is 5.11. The Hall–Kier alpha value is -3.35. The Kier molecular flexibility index (Phi) is 7.50. The molecular formula is C27H32N2O5. The van der Waals surface area contributed by atoms with Gasteiger partial charge in [-0.1, -0.05) is 55.0 Å². The highest BCUT2D eigenvalue weighted by Crippen LogP contribution is 2.44. The molecule has 0 aromatic heterocycles. The first-order valence-corrected chi connectivity index (χ1v) is 12.1. The van der Waals surface area contributed by atoms with Gasteiger partial charge in [0.2, 0.25) is 5.91 Å². The van der Waals surface area contributed by atoms with Crippen molar-refractivity contribution in [1.82, 2.24) is 10.6 Å². The lowest BCUT2D eigenvalue weighted by Gasteiger charge is -2.27. The number of carboxylic acids is 1. The number of carbonyl (C=O) groups excluding carboxylic acids is 2. The molecule has 2 aromatic carbocycles. The zero-order valence-corrected chi connectivity index (χ0v) is 19.5. The standard InChI is InChI=1S/C27H32N2O5/c1-17(13-14-25(30)29-19-8-6-7-18(15-19)26(31)32)28-27(33)34-16-24-22-11-4-2-9-20(22)21-10-3-5-12-23(21)24/h2-5,9-12,17-19,24H,6-8,13-16H2,1H3,(H,28,33)(H,29,30)(H,31,32)/t17?,18-,19-/m1/s1. The van der Waals surface area contributed by atoms with Gasteiger partial charge in [0, 0.05) is 24.4 Å². The van der Waals surface area contributed by atoms with Crippen molar-refractivity contribution in [3.8, 4) is 11.1 Å². The first-order valence-electron chi connectivity index (χ1n) is 12.1. The molecule has 0 radical (unpaired) electrons. The smallest absolute Gasteiger partial charge is 0.407 e. The molecule has 0 heterocycles. The maximum absolute atomic E-state index is 12.4. The summed E-state index contributed by atoms with van der Waals surface area (Å²) in [5.41, 5.74) is 4.68. The van der Waals surface area contributed by atoms with Gasteiger partial charge in [-0.05, 0) is 54.9 Å². The predicted octanol–water partition coefficient (Wildman–Crippen LogP) is 4.45. The van der Waals surface area contributed by atoms with E-state index in [0.717, 1.165) is 24.0 Å². The monoisotopic (exact) mass is 464 g/mol. The highest BCUT2D eigenvalue weighted by atomic mass is 16.5. The summed E-state index contributed by atoms with van der Waals surface area (Å²) in [5, 5.41) is 15.0. The summed E-state index contributed by atoms with van der Waals surface area (Å²) in [7, 11) is 0. The van der Waals surface area contributed by atoms with Crippen LogP contribution in [0.5, 0.6) is 0 Å². The molecule has 34 heavy (non-hydrogen) atoms. The number of hydrogen-bond acceptors (Lipinski definition) is 4. The first kappa shape index (κ1) is 23.8. The third-order valence-electron chi connectivity index (χ3n) is 6.90. The van der Waals surface area contributed by atoms with Gasteiger partial charge in [0.25, 0.3) is 0 Å². The van der Waals surface area contributed by atoms with E-state index < -0.39 is 12.1 Å². The molecule has 2 amide bonds. The van der Waals surface area contributed by atoms with Gasteiger partial charge >= 0.3 is 12.1 Å². The zero-order chi connectivity index (χ0) is 24.1. The fraction of sp³-hybridized carbons (Fsp3) is 0.444. The molecule has 0 aliphatic heterocycles. The van der Waals surface area contributed by atoms with Crippen LogP contribution in [0.4, 0.5) is 4.79 Å². The highest BCUT2D eigenvalue weighted by Gasteiger charge is 2.30. The topological polar surface area (TPSA) is 105 Å². The van der Waals surface area contributed by atoms with Crippen LogP contribution in [-0.2, 0) is 14.3 Å². The molecule has 180 valence electrons.